The molecule has 0 aliphatic heterocycles. The molecular formula is C11H19N5O. The lowest BCUT2D eigenvalue weighted by Gasteiger charge is -2.20. The van der Waals surface area contributed by atoms with Gasteiger partial charge in [-0.3, -0.25) is 0 Å². The minimum atomic E-state index is -0.108. The first-order chi connectivity index (χ1) is 7.90. The number of guanidine groups is 1. The van der Waals surface area contributed by atoms with Crippen LogP contribution in [0.25, 0.3) is 0 Å². The lowest BCUT2D eigenvalue weighted by Crippen LogP contribution is -2.45. The maximum Gasteiger partial charge on any atom is 0.216 e. The summed E-state index contributed by atoms with van der Waals surface area (Å²) in [5.41, 5.74) is 5.62. The Labute approximate surface area is 101 Å². The molecule has 1 heterocycles. The molecule has 0 aliphatic rings. The first kappa shape index (κ1) is 13.2. The van der Waals surface area contributed by atoms with Gasteiger partial charge < -0.3 is 15.8 Å². The number of methoxy groups -OCH3 is 1. The normalized spacial score (nSPS) is 12.4. The van der Waals surface area contributed by atoms with E-state index in [1.54, 1.807) is 19.4 Å². The summed E-state index contributed by atoms with van der Waals surface area (Å²) in [5, 5.41) is 3.06. The van der Waals surface area contributed by atoms with Crippen LogP contribution in [-0.4, -0.2) is 28.6 Å². The van der Waals surface area contributed by atoms with Gasteiger partial charge >= 0.3 is 0 Å². The quantitative estimate of drug-likeness (QED) is 0.596. The number of aliphatic imine (C=N–C) groups is 1. The molecule has 94 valence electrons. The zero-order chi connectivity index (χ0) is 12.9. The highest BCUT2D eigenvalue weighted by Crippen LogP contribution is 2.04. The van der Waals surface area contributed by atoms with Crippen LogP contribution in [0.3, 0.4) is 0 Å². The minimum Gasteiger partial charge on any atom is -0.481 e. The van der Waals surface area contributed by atoms with Crippen molar-refractivity contribution in [1.82, 2.24) is 15.3 Å². The van der Waals surface area contributed by atoms with E-state index in [2.05, 4.69) is 20.3 Å². The highest BCUT2D eigenvalue weighted by Gasteiger charge is 2.09. The molecule has 0 unspecified atom stereocenters. The zero-order valence-electron chi connectivity index (χ0n) is 10.7. The third-order valence-corrected chi connectivity index (χ3v) is 1.78. The second-order valence-corrected chi connectivity index (χ2v) is 4.59. The molecule has 0 aromatic carbocycles. The molecule has 0 saturated carbocycles. The molecule has 6 heteroatoms. The summed E-state index contributed by atoms with van der Waals surface area (Å²) in [6.07, 6.45) is 1.63. The van der Waals surface area contributed by atoms with Gasteiger partial charge in [-0.05, 0) is 20.8 Å². The molecule has 0 saturated heterocycles. The highest BCUT2D eigenvalue weighted by atomic mass is 16.5. The van der Waals surface area contributed by atoms with Gasteiger partial charge in [0.25, 0.3) is 0 Å². The number of hydrogen-bond donors (Lipinski definition) is 2. The van der Waals surface area contributed by atoms with Crippen molar-refractivity contribution < 1.29 is 4.74 Å². The van der Waals surface area contributed by atoms with Gasteiger partial charge in [0.2, 0.25) is 5.88 Å². The molecule has 6 nitrogen and oxygen atoms in total. The van der Waals surface area contributed by atoms with Crippen molar-refractivity contribution in [2.45, 2.75) is 32.9 Å². The maximum atomic E-state index is 5.73. The first-order valence-electron chi connectivity index (χ1n) is 5.35. The van der Waals surface area contributed by atoms with Crippen LogP contribution in [0.15, 0.2) is 17.3 Å². The molecule has 17 heavy (non-hydrogen) atoms. The summed E-state index contributed by atoms with van der Waals surface area (Å²) < 4.78 is 5.00. The molecule has 1 rings (SSSR count). The van der Waals surface area contributed by atoms with Gasteiger partial charge in [-0.1, -0.05) is 0 Å². The second-order valence-electron chi connectivity index (χ2n) is 4.59. The van der Waals surface area contributed by atoms with Crippen molar-refractivity contribution in [1.29, 1.82) is 0 Å². The van der Waals surface area contributed by atoms with E-state index in [1.807, 2.05) is 20.8 Å². The summed E-state index contributed by atoms with van der Waals surface area (Å²) in [4.78, 5) is 12.4. The number of nitrogens with zero attached hydrogens (tertiary/aromatic N) is 3. The zero-order valence-corrected chi connectivity index (χ0v) is 10.7. The molecule has 0 spiro atoms. The van der Waals surface area contributed by atoms with Crippen LogP contribution in [-0.2, 0) is 6.54 Å². The molecule has 0 bridgehead atoms. The average molecular weight is 237 g/mol. The number of ether oxygens (including phenoxy) is 1. The van der Waals surface area contributed by atoms with E-state index in [0.717, 1.165) is 0 Å². The number of nitrogens with two attached hydrogens (primary N) is 1. The van der Waals surface area contributed by atoms with Crippen LogP contribution in [0.5, 0.6) is 5.88 Å². The Kier molecular flexibility index (Phi) is 4.25. The summed E-state index contributed by atoms with van der Waals surface area (Å²) >= 11 is 0. The Morgan fingerprint density at radius 2 is 2.24 bits per heavy atom. The molecule has 0 aliphatic carbocycles. The fraction of sp³-hybridized carbons (Fsp3) is 0.545. The average Bonchev–Trinajstić information content (AvgIpc) is 2.24. The van der Waals surface area contributed by atoms with Crippen molar-refractivity contribution in [2.75, 3.05) is 7.11 Å². The van der Waals surface area contributed by atoms with E-state index in [1.165, 1.54) is 0 Å². The first-order valence-corrected chi connectivity index (χ1v) is 5.35. The van der Waals surface area contributed by atoms with E-state index in [9.17, 15) is 0 Å². The SMILES string of the molecule is COc1ccnc(CN=C(N)NC(C)(C)C)n1. The van der Waals surface area contributed by atoms with Crippen LogP contribution in [0.2, 0.25) is 0 Å². The standard InChI is InChI=1S/C11H19N5O/c1-11(2,3)16-10(12)14-7-8-13-6-5-9(15-8)17-4/h5-6H,7H2,1-4H3,(H3,12,14,16). The topological polar surface area (TPSA) is 85.4 Å². The molecule has 0 fully saturated rings. The summed E-state index contributed by atoms with van der Waals surface area (Å²) in [6, 6.07) is 1.68. The molecule has 3 N–H and O–H groups in total. The third-order valence-electron chi connectivity index (χ3n) is 1.78. The summed E-state index contributed by atoms with van der Waals surface area (Å²) in [7, 11) is 1.56. The van der Waals surface area contributed by atoms with E-state index in [4.69, 9.17) is 10.5 Å². The summed E-state index contributed by atoms with van der Waals surface area (Å²) in [5.74, 6) is 1.47. The monoisotopic (exact) mass is 237 g/mol. The van der Waals surface area contributed by atoms with Crippen molar-refractivity contribution in [3.8, 4) is 5.88 Å². The number of rotatable bonds is 3. The van der Waals surface area contributed by atoms with Crippen molar-refractivity contribution in [2.24, 2.45) is 10.7 Å². The molecule has 1 aromatic rings. The van der Waals surface area contributed by atoms with Crippen LogP contribution in [0.1, 0.15) is 26.6 Å². The van der Waals surface area contributed by atoms with Crippen LogP contribution < -0.4 is 15.8 Å². The molecule has 1 aromatic heterocycles. The van der Waals surface area contributed by atoms with Gasteiger partial charge in [-0.15, -0.1) is 0 Å². The number of nitrogens with one attached hydrogen (secondary N) is 1. The van der Waals surface area contributed by atoms with Gasteiger partial charge in [0.05, 0.1) is 7.11 Å². The van der Waals surface area contributed by atoms with E-state index >= 15 is 0 Å². The third kappa shape index (κ3) is 5.14. The van der Waals surface area contributed by atoms with Gasteiger partial charge in [0.15, 0.2) is 11.8 Å². The van der Waals surface area contributed by atoms with Crippen LogP contribution in [0, 0.1) is 0 Å². The van der Waals surface area contributed by atoms with Crippen molar-refractivity contribution in [3.63, 3.8) is 0 Å². The lowest BCUT2D eigenvalue weighted by atomic mass is 10.1. The van der Waals surface area contributed by atoms with Gasteiger partial charge in [-0.25, -0.2) is 9.98 Å². The van der Waals surface area contributed by atoms with Gasteiger partial charge in [-0.2, -0.15) is 4.98 Å². The van der Waals surface area contributed by atoms with Crippen LogP contribution >= 0.6 is 0 Å². The maximum absolute atomic E-state index is 5.73. The molecule has 0 radical (unpaired) electrons. The smallest absolute Gasteiger partial charge is 0.216 e. The predicted molar refractivity (Wildman–Crippen MR) is 66.8 cm³/mol. The predicted octanol–water partition coefficient (Wildman–Crippen LogP) is 0.688. The van der Waals surface area contributed by atoms with Crippen LogP contribution in [0.4, 0.5) is 0 Å². The Morgan fingerprint density at radius 1 is 1.53 bits per heavy atom. The Morgan fingerprint density at radius 3 is 2.82 bits per heavy atom. The largest absolute Gasteiger partial charge is 0.481 e. The molecular weight excluding hydrogens is 218 g/mol. The second kappa shape index (κ2) is 5.47. The Hall–Kier alpha value is -1.85. The Bertz CT molecular complexity index is 397. The highest BCUT2D eigenvalue weighted by molar-refractivity contribution is 5.78. The number of aromatic nitrogens is 2. The van der Waals surface area contributed by atoms with E-state index in [-0.39, 0.29) is 5.54 Å². The fourth-order valence-electron chi connectivity index (χ4n) is 1.15. The lowest BCUT2D eigenvalue weighted by molar-refractivity contribution is 0.394. The summed E-state index contributed by atoms with van der Waals surface area (Å²) in [6.45, 7) is 6.36. The molecule has 0 amide bonds. The molecule has 0 atom stereocenters. The van der Waals surface area contributed by atoms with E-state index < -0.39 is 0 Å². The minimum absolute atomic E-state index is 0.108. The number of hydrogen-bond acceptors (Lipinski definition) is 4. The van der Waals surface area contributed by atoms with Crippen molar-refractivity contribution >= 4 is 5.96 Å². The van der Waals surface area contributed by atoms with Gasteiger partial charge in [0.1, 0.15) is 6.54 Å². The fourth-order valence-corrected chi connectivity index (χ4v) is 1.15. The Balaban J connectivity index is 2.62. The van der Waals surface area contributed by atoms with Crippen molar-refractivity contribution in [3.05, 3.63) is 18.1 Å². The van der Waals surface area contributed by atoms with E-state index in [0.29, 0.717) is 24.2 Å². The van der Waals surface area contributed by atoms with Gasteiger partial charge in [0, 0.05) is 17.8 Å².